The van der Waals surface area contributed by atoms with Crippen LogP contribution < -0.4 is 4.90 Å². The number of pyridine rings is 1. The number of rotatable bonds is 3. The van der Waals surface area contributed by atoms with E-state index in [4.69, 9.17) is 0 Å². The van der Waals surface area contributed by atoms with Crippen LogP contribution in [-0.2, 0) is 12.7 Å². The summed E-state index contributed by atoms with van der Waals surface area (Å²) in [6.45, 7) is 3.71. The van der Waals surface area contributed by atoms with Crippen molar-refractivity contribution < 1.29 is 13.2 Å². The number of fused-ring (bicyclic) bond motifs is 1. The smallest absolute Gasteiger partial charge is 0.353 e. The van der Waals surface area contributed by atoms with Crippen molar-refractivity contribution in [3.8, 4) is 0 Å². The topological polar surface area (TPSA) is 45.2 Å². The Morgan fingerprint density at radius 3 is 2.37 bits per heavy atom. The lowest BCUT2D eigenvalue weighted by molar-refractivity contribution is -0.137. The zero-order chi connectivity index (χ0) is 18.9. The average molecular weight is 373 g/mol. The third-order valence-electron chi connectivity index (χ3n) is 4.73. The van der Waals surface area contributed by atoms with Gasteiger partial charge in [0.05, 0.1) is 16.8 Å². The van der Waals surface area contributed by atoms with Crippen molar-refractivity contribution in [3.63, 3.8) is 0 Å². The molecule has 27 heavy (non-hydrogen) atoms. The molecule has 0 atom stereocenters. The van der Waals surface area contributed by atoms with Crippen LogP contribution in [0.4, 0.5) is 19.0 Å². The second-order valence-electron chi connectivity index (χ2n) is 6.51. The van der Waals surface area contributed by atoms with Gasteiger partial charge in [0.15, 0.2) is 0 Å². The van der Waals surface area contributed by atoms with Crippen LogP contribution in [0.15, 0.2) is 48.9 Å². The minimum Gasteiger partial charge on any atom is -0.353 e. The fourth-order valence-corrected chi connectivity index (χ4v) is 3.28. The molecule has 0 unspecified atom stereocenters. The number of aromatic nitrogens is 3. The standard InChI is InChI=1S/C19H18F3N5/c20-19(21,22)14-5-6-15(23-11-14)12-26-7-9-27(10-8-26)18-16-3-1-2-4-17(16)24-13-25-18/h1-6,11,13H,7-10,12H2. The molecule has 1 fully saturated rings. The molecule has 3 aromatic rings. The van der Waals surface area contributed by atoms with Gasteiger partial charge in [0.25, 0.3) is 0 Å². The summed E-state index contributed by atoms with van der Waals surface area (Å²) in [7, 11) is 0. The summed E-state index contributed by atoms with van der Waals surface area (Å²) >= 11 is 0. The van der Waals surface area contributed by atoms with Gasteiger partial charge in [0, 0.05) is 44.3 Å². The molecule has 4 rings (SSSR count). The maximum Gasteiger partial charge on any atom is 0.417 e. The van der Waals surface area contributed by atoms with Crippen LogP contribution >= 0.6 is 0 Å². The van der Waals surface area contributed by atoms with E-state index in [1.165, 1.54) is 6.07 Å². The van der Waals surface area contributed by atoms with Crippen molar-refractivity contribution in [1.29, 1.82) is 0 Å². The van der Waals surface area contributed by atoms with Crippen molar-refractivity contribution in [2.45, 2.75) is 12.7 Å². The summed E-state index contributed by atoms with van der Waals surface area (Å²) in [6, 6.07) is 10.4. The molecule has 0 amide bonds. The number of anilines is 1. The number of benzene rings is 1. The molecule has 140 valence electrons. The Bertz CT molecular complexity index is 913. The zero-order valence-electron chi connectivity index (χ0n) is 14.5. The lowest BCUT2D eigenvalue weighted by Gasteiger charge is -2.35. The molecular weight excluding hydrogens is 355 g/mol. The van der Waals surface area contributed by atoms with Gasteiger partial charge < -0.3 is 4.90 Å². The zero-order valence-corrected chi connectivity index (χ0v) is 14.5. The van der Waals surface area contributed by atoms with Gasteiger partial charge >= 0.3 is 6.18 Å². The Morgan fingerprint density at radius 1 is 0.889 bits per heavy atom. The first-order chi connectivity index (χ1) is 13.0. The number of halogens is 3. The van der Waals surface area contributed by atoms with E-state index in [1.807, 2.05) is 24.3 Å². The number of para-hydroxylation sites is 1. The van der Waals surface area contributed by atoms with E-state index in [1.54, 1.807) is 6.33 Å². The largest absolute Gasteiger partial charge is 0.417 e. The monoisotopic (exact) mass is 373 g/mol. The molecule has 8 heteroatoms. The number of alkyl halides is 3. The Hall–Kier alpha value is -2.74. The van der Waals surface area contributed by atoms with E-state index in [0.29, 0.717) is 12.2 Å². The first-order valence-electron chi connectivity index (χ1n) is 8.70. The quantitative estimate of drug-likeness (QED) is 0.704. The van der Waals surface area contributed by atoms with Gasteiger partial charge in [0.1, 0.15) is 12.1 Å². The van der Waals surface area contributed by atoms with Gasteiger partial charge in [-0.25, -0.2) is 9.97 Å². The van der Waals surface area contributed by atoms with E-state index >= 15 is 0 Å². The minimum absolute atomic E-state index is 0.538. The number of hydrogen-bond acceptors (Lipinski definition) is 5. The second-order valence-corrected chi connectivity index (χ2v) is 6.51. The summed E-state index contributed by atoms with van der Waals surface area (Å²) in [5.74, 6) is 0.924. The Morgan fingerprint density at radius 2 is 1.67 bits per heavy atom. The van der Waals surface area contributed by atoms with Crippen LogP contribution in [0.25, 0.3) is 10.9 Å². The second kappa shape index (κ2) is 7.11. The van der Waals surface area contributed by atoms with Crippen LogP contribution in [0, 0.1) is 0 Å². The SMILES string of the molecule is FC(F)(F)c1ccc(CN2CCN(c3ncnc4ccccc34)CC2)nc1. The van der Waals surface area contributed by atoms with E-state index in [9.17, 15) is 13.2 Å². The molecule has 0 spiro atoms. The third kappa shape index (κ3) is 3.85. The van der Waals surface area contributed by atoms with Crippen molar-refractivity contribution in [2.75, 3.05) is 31.1 Å². The predicted octanol–water partition coefficient (Wildman–Crippen LogP) is 3.37. The highest BCUT2D eigenvalue weighted by atomic mass is 19.4. The van der Waals surface area contributed by atoms with E-state index in [0.717, 1.165) is 55.2 Å². The fraction of sp³-hybridized carbons (Fsp3) is 0.316. The summed E-state index contributed by atoms with van der Waals surface area (Å²) < 4.78 is 37.9. The molecule has 3 heterocycles. The molecule has 1 aromatic carbocycles. The van der Waals surface area contributed by atoms with Crippen LogP contribution in [0.5, 0.6) is 0 Å². The number of hydrogen-bond donors (Lipinski definition) is 0. The maximum absolute atomic E-state index is 12.6. The average Bonchev–Trinajstić information content (AvgIpc) is 2.68. The van der Waals surface area contributed by atoms with Gasteiger partial charge in [-0.05, 0) is 24.3 Å². The van der Waals surface area contributed by atoms with Gasteiger partial charge in [-0.2, -0.15) is 13.2 Å². The van der Waals surface area contributed by atoms with Crippen molar-refractivity contribution in [2.24, 2.45) is 0 Å². The highest BCUT2D eigenvalue weighted by Gasteiger charge is 2.30. The van der Waals surface area contributed by atoms with Crippen molar-refractivity contribution >= 4 is 16.7 Å². The third-order valence-corrected chi connectivity index (χ3v) is 4.73. The lowest BCUT2D eigenvalue weighted by atomic mass is 10.2. The summed E-state index contributed by atoms with van der Waals surface area (Å²) in [5.41, 5.74) is 0.842. The Balaban J connectivity index is 1.40. The molecule has 2 aromatic heterocycles. The van der Waals surface area contributed by atoms with Crippen molar-refractivity contribution in [1.82, 2.24) is 19.9 Å². The summed E-state index contributed by atoms with van der Waals surface area (Å²) in [5, 5.41) is 1.03. The summed E-state index contributed by atoms with van der Waals surface area (Å²) in [4.78, 5) is 17.1. The molecule has 0 radical (unpaired) electrons. The van der Waals surface area contributed by atoms with Gasteiger partial charge in [-0.15, -0.1) is 0 Å². The molecule has 1 aliphatic heterocycles. The van der Waals surface area contributed by atoms with Crippen LogP contribution in [0.2, 0.25) is 0 Å². The molecule has 0 saturated carbocycles. The number of nitrogens with zero attached hydrogens (tertiary/aromatic N) is 5. The Kier molecular flexibility index (Phi) is 4.65. The van der Waals surface area contributed by atoms with Crippen LogP contribution in [0.3, 0.4) is 0 Å². The van der Waals surface area contributed by atoms with Gasteiger partial charge in [-0.3, -0.25) is 9.88 Å². The highest BCUT2D eigenvalue weighted by Crippen LogP contribution is 2.28. The molecular formula is C19H18F3N5. The molecule has 0 aliphatic carbocycles. The molecule has 5 nitrogen and oxygen atoms in total. The number of piperazine rings is 1. The fourth-order valence-electron chi connectivity index (χ4n) is 3.28. The van der Waals surface area contributed by atoms with Gasteiger partial charge in [0.2, 0.25) is 0 Å². The Labute approximate surface area is 154 Å². The first-order valence-corrected chi connectivity index (χ1v) is 8.70. The predicted molar refractivity (Wildman–Crippen MR) is 96.3 cm³/mol. The van der Waals surface area contributed by atoms with E-state index < -0.39 is 11.7 Å². The van der Waals surface area contributed by atoms with Crippen LogP contribution in [0.1, 0.15) is 11.3 Å². The first kappa shape index (κ1) is 17.7. The summed E-state index contributed by atoms with van der Waals surface area (Å²) in [6.07, 6.45) is -1.87. The maximum atomic E-state index is 12.6. The lowest BCUT2D eigenvalue weighted by Crippen LogP contribution is -2.46. The van der Waals surface area contributed by atoms with Crippen molar-refractivity contribution in [3.05, 3.63) is 60.2 Å². The van der Waals surface area contributed by atoms with E-state index in [-0.39, 0.29) is 0 Å². The molecule has 1 aliphatic rings. The van der Waals surface area contributed by atoms with Crippen LogP contribution in [-0.4, -0.2) is 46.0 Å². The van der Waals surface area contributed by atoms with E-state index in [2.05, 4.69) is 24.8 Å². The molecule has 0 N–H and O–H groups in total. The van der Waals surface area contributed by atoms with Gasteiger partial charge in [-0.1, -0.05) is 12.1 Å². The normalized spacial score (nSPS) is 16.0. The minimum atomic E-state index is -4.35. The molecule has 1 saturated heterocycles. The molecule has 0 bridgehead atoms. The highest BCUT2D eigenvalue weighted by molar-refractivity contribution is 5.89.